The van der Waals surface area contributed by atoms with Crippen LogP contribution in [0.4, 0.5) is 0 Å². The lowest BCUT2D eigenvalue weighted by molar-refractivity contribution is -0.139. The molecule has 2 aromatic rings. The molecule has 1 aliphatic heterocycles. The number of hydrogen-bond acceptors (Lipinski definition) is 3. The van der Waals surface area contributed by atoms with Gasteiger partial charge in [-0.3, -0.25) is 9.78 Å². The van der Waals surface area contributed by atoms with Crippen LogP contribution in [0, 0.1) is 0 Å². The molecule has 1 atom stereocenters. The van der Waals surface area contributed by atoms with Crippen LogP contribution in [0.5, 0.6) is 0 Å². The topological polar surface area (TPSA) is 50.2 Å². The van der Waals surface area contributed by atoms with Crippen LogP contribution in [-0.4, -0.2) is 26.6 Å². The Morgan fingerprint density at radius 1 is 1.32 bits per heavy atom. The van der Waals surface area contributed by atoms with Gasteiger partial charge in [0.25, 0.3) is 0 Å². The van der Waals surface area contributed by atoms with Crippen molar-refractivity contribution in [1.82, 2.24) is 4.98 Å². The number of nitrogens with zero attached hydrogens (tertiary/aromatic N) is 1. The van der Waals surface area contributed by atoms with E-state index in [1.807, 2.05) is 36.4 Å². The molecule has 19 heavy (non-hydrogen) atoms. The second kappa shape index (κ2) is 4.85. The predicted molar refractivity (Wildman–Crippen MR) is 77.5 cm³/mol. The number of carboxylic acid groups (broad SMARTS) is 1. The van der Waals surface area contributed by atoms with Gasteiger partial charge >= 0.3 is 5.97 Å². The quantitative estimate of drug-likeness (QED) is 0.933. The van der Waals surface area contributed by atoms with Crippen LogP contribution in [-0.2, 0) is 11.2 Å². The fourth-order valence-electron chi connectivity index (χ4n) is 2.58. The van der Waals surface area contributed by atoms with Crippen LogP contribution in [0.3, 0.4) is 0 Å². The van der Waals surface area contributed by atoms with Crippen LogP contribution in [0.2, 0.25) is 0 Å². The van der Waals surface area contributed by atoms with Crippen molar-refractivity contribution in [2.75, 3.05) is 5.75 Å². The van der Waals surface area contributed by atoms with E-state index < -0.39 is 10.7 Å². The van der Waals surface area contributed by atoms with Gasteiger partial charge in [-0.1, -0.05) is 24.3 Å². The van der Waals surface area contributed by atoms with Crippen molar-refractivity contribution >= 4 is 28.6 Å². The van der Waals surface area contributed by atoms with Gasteiger partial charge in [0.05, 0.1) is 5.52 Å². The molecule has 1 aromatic carbocycles. The number of carbonyl (C=O) groups is 1. The van der Waals surface area contributed by atoms with Gasteiger partial charge in [0.15, 0.2) is 0 Å². The van der Waals surface area contributed by atoms with E-state index in [1.54, 1.807) is 11.8 Å². The zero-order valence-electron chi connectivity index (χ0n) is 10.5. The van der Waals surface area contributed by atoms with Gasteiger partial charge < -0.3 is 5.11 Å². The molecule has 1 saturated heterocycles. The number of fused-ring (bicyclic) bond motifs is 1. The van der Waals surface area contributed by atoms with Crippen molar-refractivity contribution < 1.29 is 9.90 Å². The second-order valence-corrected chi connectivity index (χ2v) is 6.40. The van der Waals surface area contributed by atoms with E-state index in [-0.39, 0.29) is 0 Å². The number of aliphatic carboxylic acids is 1. The van der Waals surface area contributed by atoms with Gasteiger partial charge in [-0.2, -0.15) is 0 Å². The van der Waals surface area contributed by atoms with Gasteiger partial charge in [-0.05, 0) is 30.7 Å². The number of carboxylic acids is 1. The fourth-order valence-corrected chi connectivity index (χ4v) is 3.92. The molecule has 1 unspecified atom stereocenters. The smallest absolute Gasteiger partial charge is 0.320 e. The van der Waals surface area contributed by atoms with Crippen LogP contribution in [0.1, 0.15) is 18.5 Å². The summed E-state index contributed by atoms with van der Waals surface area (Å²) in [6, 6.07) is 11.9. The zero-order valence-corrected chi connectivity index (χ0v) is 11.3. The summed E-state index contributed by atoms with van der Waals surface area (Å²) in [4.78, 5) is 16.1. The Labute approximate surface area is 116 Å². The van der Waals surface area contributed by atoms with E-state index in [9.17, 15) is 9.90 Å². The summed E-state index contributed by atoms with van der Waals surface area (Å²) in [6.07, 6.45) is 2.23. The number of aromatic nitrogens is 1. The summed E-state index contributed by atoms with van der Waals surface area (Å²) in [7, 11) is 0. The monoisotopic (exact) mass is 273 g/mol. The van der Waals surface area contributed by atoms with E-state index in [1.165, 1.54) is 0 Å². The molecular formula is C15H15NO2S. The number of rotatable bonds is 3. The molecule has 0 aliphatic carbocycles. The van der Waals surface area contributed by atoms with E-state index in [4.69, 9.17) is 0 Å². The minimum atomic E-state index is -0.704. The van der Waals surface area contributed by atoms with Crippen LogP contribution < -0.4 is 0 Å². The maximum absolute atomic E-state index is 11.5. The van der Waals surface area contributed by atoms with E-state index >= 15 is 0 Å². The number of hydrogen-bond donors (Lipinski definition) is 1. The van der Waals surface area contributed by atoms with Crippen LogP contribution >= 0.6 is 11.8 Å². The third-order valence-electron chi connectivity index (χ3n) is 3.62. The zero-order chi connectivity index (χ0) is 13.3. The molecule has 3 nitrogen and oxygen atoms in total. The maximum Gasteiger partial charge on any atom is 0.320 e. The van der Waals surface area contributed by atoms with E-state index in [0.29, 0.717) is 6.42 Å². The molecule has 98 valence electrons. The Morgan fingerprint density at radius 3 is 2.89 bits per heavy atom. The highest BCUT2D eigenvalue weighted by Crippen LogP contribution is 2.40. The van der Waals surface area contributed by atoms with E-state index in [0.717, 1.165) is 35.2 Å². The van der Waals surface area contributed by atoms with Crippen molar-refractivity contribution in [3.05, 3.63) is 42.1 Å². The lowest BCUT2D eigenvalue weighted by Crippen LogP contribution is -2.35. The lowest BCUT2D eigenvalue weighted by Gasteiger charge is -2.22. The number of para-hydroxylation sites is 1. The SMILES string of the molecule is O=C(O)C1(Cc2ccc3ccccc3n2)CCCS1. The van der Waals surface area contributed by atoms with Crippen molar-refractivity contribution in [3.8, 4) is 0 Å². The molecule has 1 aliphatic rings. The second-order valence-electron chi connectivity index (χ2n) is 4.92. The first-order valence-electron chi connectivity index (χ1n) is 6.42. The Bertz CT molecular complexity index is 620. The normalized spacial score (nSPS) is 22.7. The molecule has 0 spiro atoms. The summed E-state index contributed by atoms with van der Waals surface area (Å²) in [5.74, 6) is 0.227. The first-order valence-corrected chi connectivity index (χ1v) is 7.40. The highest BCUT2D eigenvalue weighted by Gasteiger charge is 2.42. The molecule has 0 bridgehead atoms. The average Bonchev–Trinajstić information content (AvgIpc) is 2.88. The molecule has 0 radical (unpaired) electrons. The lowest BCUT2D eigenvalue weighted by atomic mass is 9.96. The first-order chi connectivity index (χ1) is 9.20. The van der Waals surface area contributed by atoms with Gasteiger partial charge in [-0.15, -0.1) is 11.8 Å². The third-order valence-corrected chi connectivity index (χ3v) is 5.18. The third kappa shape index (κ3) is 2.32. The first kappa shape index (κ1) is 12.5. The standard InChI is InChI=1S/C15H15NO2S/c17-14(18)15(8-3-9-19-15)10-12-7-6-11-4-1-2-5-13(11)16-12/h1-2,4-7H,3,8-10H2,(H,17,18). The summed E-state index contributed by atoms with van der Waals surface area (Å²) in [6.45, 7) is 0. The summed E-state index contributed by atoms with van der Waals surface area (Å²) < 4.78 is -0.671. The minimum absolute atomic E-state index is 0.512. The fraction of sp³-hybridized carbons (Fsp3) is 0.333. The van der Waals surface area contributed by atoms with Crippen molar-refractivity contribution in [2.45, 2.75) is 24.0 Å². The summed E-state index contributed by atoms with van der Waals surface area (Å²) in [5, 5.41) is 10.6. The maximum atomic E-state index is 11.5. The number of pyridine rings is 1. The summed E-state index contributed by atoms with van der Waals surface area (Å²) >= 11 is 1.56. The molecular weight excluding hydrogens is 258 g/mol. The highest BCUT2D eigenvalue weighted by molar-refractivity contribution is 8.01. The van der Waals surface area contributed by atoms with Gasteiger partial charge in [0, 0.05) is 17.5 Å². The number of thioether (sulfide) groups is 1. The largest absolute Gasteiger partial charge is 0.480 e. The Morgan fingerprint density at radius 2 is 2.16 bits per heavy atom. The minimum Gasteiger partial charge on any atom is -0.480 e. The average molecular weight is 273 g/mol. The van der Waals surface area contributed by atoms with Gasteiger partial charge in [-0.25, -0.2) is 0 Å². The predicted octanol–water partition coefficient (Wildman–Crippen LogP) is 3.13. The van der Waals surface area contributed by atoms with Crippen LogP contribution in [0.25, 0.3) is 10.9 Å². The van der Waals surface area contributed by atoms with E-state index in [2.05, 4.69) is 4.98 Å². The van der Waals surface area contributed by atoms with Gasteiger partial charge in [0.1, 0.15) is 4.75 Å². The Hall–Kier alpha value is -1.55. The Kier molecular flexibility index (Phi) is 3.19. The van der Waals surface area contributed by atoms with Crippen molar-refractivity contribution in [2.24, 2.45) is 0 Å². The highest BCUT2D eigenvalue weighted by atomic mass is 32.2. The van der Waals surface area contributed by atoms with Crippen molar-refractivity contribution in [3.63, 3.8) is 0 Å². The molecule has 2 heterocycles. The van der Waals surface area contributed by atoms with Crippen LogP contribution in [0.15, 0.2) is 36.4 Å². The molecule has 4 heteroatoms. The molecule has 0 amide bonds. The van der Waals surface area contributed by atoms with Gasteiger partial charge in [0.2, 0.25) is 0 Å². The molecule has 1 N–H and O–H groups in total. The molecule has 0 saturated carbocycles. The molecule has 3 rings (SSSR count). The summed E-state index contributed by atoms with van der Waals surface area (Å²) in [5.41, 5.74) is 1.80. The molecule has 1 aromatic heterocycles. The molecule has 1 fully saturated rings. The number of benzene rings is 1. The Balaban J connectivity index is 1.94. The van der Waals surface area contributed by atoms with Crippen molar-refractivity contribution in [1.29, 1.82) is 0 Å².